The van der Waals surface area contributed by atoms with Gasteiger partial charge in [-0.05, 0) is 32.4 Å². The third-order valence-electron chi connectivity index (χ3n) is 3.44. The molecule has 1 aromatic carbocycles. The van der Waals surface area contributed by atoms with Crippen molar-refractivity contribution in [3.8, 4) is 17.1 Å². The molecule has 0 saturated heterocycles. The molecule has 0 radical (unpaired) electrons. The Balaban J connectivity index is 2.13. The van der Waals surface area contributed by atoms with Crippen molar-refractivity contribution in [2.24, 2.45) is 0 Å². The fourth-order valence-corrected chi connectivity index (χ4v) is 2.61. The monoisotopic (exact) mass is 269 g/mol. The van der Waals surface area contributed by atoms with Gasteiger partial charge in [0.15, 0.2) is 5.82 Å². The highest BCUT2D eigenvalue weighted by atomic mass is 16.5. The number of nitrogens with one attached hydrogen (secondary N) is 1. The maximum atomic E-state index is 6.09. The van der Waals surface area contributed by atoms with Gasteiger partial charge in [-0.3, -0.25) is 0 Å². The Bertz CT molecular complexity index is 665. The zero-order valence-corrected chi connectivity index (χ0v) is 12.3. The Labute approximate surface area is 119 Å². The number of hydrogen-bond donors (Lipinski definition) is 1. The van der Waals surface area contributed by atoms with Gasteiger partial charge in [0.1, 0.15) is 17.2 Å². The smallest absolute Gasteiger partial charge is 0.165 e. The number of para-hydroxylation sites is 1. The van der Waals surface area contributed by atoms with Gasteiger partial charge < -0.3 is 10.1 Å². The average molecular weight is 269 g/mol. The Morgan fingerprint density at radius 1 is 1.25 bits per heavy atom. The molecule has 2 aromatic rings. The summed E-state index contributed by atoms with van der Waals surface area (Å²) in [6.45, 7) is 6.18. The molecule has 4 nitrogen and oxygen atoms in total. The van der Waals surface area contributed by atoms with Crippen molar-refractivity contribution < 1.29 is 4.74 Å². The summed E-state index contributed by atoms with van der Waals surface area (Å²) in [5, 5.41) is 3.07. The van der Waals surface area contributed by atoms with Gasteiger partial charge in [0.05, 0.1) is 5.56 Å². The number of nitrogens with zero attached hydrogens (tertiary/aromatic N) is 2. The van der Waals surface area contributed by atoms with E-state index in [4.69, 9.17) is 4.74 Å². The molecule has 20 heavy (non-hydrogen) atoms. The molecule has 3 rings (SSSR count). The third-order valence-corrected chi connectivity index (χ3v) is 3.44. The van der Waals surface area contributed by atoms with Crippen LogP contribution in [-0.4, -0.2) is 22.6 Å². The number of rotatable bonds is 2. The van der Waals surface area contributed by atoms with E-state index in [0.29, 0.717) is 5.82 Å². The van der Waals surface area contributed by atoms with Gasteiger partial charge >= 0.3 is 0 Å². The number of fused-ring (bicyclic) bond motifs is 1. The second-order valence-corrected chi connectivity index (χ2v) is 5.80. The number of ether oxygens (including phenoxy) is 1. The highest BCUT2D eigenvalue weighted by Crippen LogP contribution is 2.41. The number of anilines is 1. The summed E-state index contributed by atoms with van der Waals surface area (Å²) in [5.74, 6) is 2.46. The number of hydrogen-bond acceptors (Lipinski definition) is 4. The van der Waals surface area contributed by atoms with Gasteiger partial charge in [-0.15, -0.1) is 0 Å². The van der Waals surface area contributed by atoms with Crippen molar-refractivity contribution in [2.75, 3.05) is 12.4 Å². The summed E-state index contributed by atoms with van der Waals surface area (Å²) >= 11 is 0. The van der Waals surface area contributed by atoms with Crippen molar-refractivity contribution in [1.29, 1.82) is 0 Å². The third kappa shape index (κ3) is 2.22. The molecule has 104 valence electrons. The van der Waals surface area contributed by atoms with E-state index in [-0.39, 0.29) is 5.60 Å². The minimum Gasteiger partial charge on any atom is -0.486 e. The SMILES string of the molecule is CNc1cc(C)nc(-c2cccc3c2OC(C)(C)C3)n1. The van der Waals surface area contributed by atoms with Crippen molar-refractivity contribution in [2.45, 2.75) is 32.8 Å². The first kappa shape index (κ1) is 12.9. The lowest BCUT2D eigenvalue weighted by atomic mass is 10.0. The predicted molar refractivity (Wildman–Crippen MR) is 80.2 cm³/mol. The number of benzene rings is 1. The summed E-state index contributed by atoms with van der Waals surface area (Å²) in [4.78, 5) is 9.09. The lowest BCUT2D eigenvalue weighted by Gasteiger charge is -2.18. The van der Waals surface area contributed by atoms with Crippen LogP contribution in [0.2, 0.25) is 0 Å². The topological polar surface area (TPSA) is 47.0 Å². The Morgan fingerprint density at radius 2 is 2.05 bits per heavy atom. The first-order chi connectivity index (χ1) is 9.48. The van der Waals surface area contributed by atoms with E-state index in [0.717, 1.165) is 29.2 Å². The molecule has 1 aliphatic rings. The van der Waals surface area contributed by atoms with Crippen LogP contribution in [0.25, 0.3) is 11.4 Å². The molecule has 0 fully saturated rings. The van der Waals surface area contributed by atoms with E-state index in [1.54, 1.807) is 0 Å². The minimum atomic E-state index is -0.159. The molecule has 4 heteroatoms. The van der Waals surface area contributed by atoms with Gasteiger partial charge in [-0.25, -0.2) is 9.97 Å². The van der Waals surface area contributed by atoms with Gasteiger partial charge in [0.2, 0.25) is 0 Å². The van der Waals surface area contributed by atoms with E-state index in [1.165, 1.54) is 5.56 Å². The van der Waals surface area contributed by atoms with E-state index < -0.39 is 0 Å². The van der Waals surface area contributed by atoms with Gasteiger partial charge in [0, 0.05) is 25.2 Å². The fraction of sp³-hybridized carbons (Fsp3) is 0.375. The molecule has 0 aliphatic carbocycles. The first-order valence-electron chi connectivity index (χ1n) is 6.83. The molecular weight excluding hydrogens is 250 g/mol. The Kier molecular flexibility index (Phi) is 2.89. The van der Waals surface area contributed by atoms with E-state index >= 15 is 0 Å². The maximum absolute atomic E-state index is 6.09. The van der Waals surface area contributed by atoms with E-state index in [1.807, 2.05) is 32.2 Å². The largest absolute Gasteiger partial charge is 0.486 e. The second-order valence-electron chi connectivity index (χ2n) is 5.80. The second kappa shape index (κ2) is 4.47. The lowest BCUT2D eigenvalue weighted by molar-refractivity contribution is 0.139. The normalized spacial score (nSPS) is 15.6. The van der Waals surface area contributed by atoms with Gasteiger partial charge in [0.25, 0.3) is 0 Å². The molecule has 0 spiro atoms. The summed E-state index contributed by atoms with van der Waals surface area (Å²) in [6.07, 6.45) is 0.918. The van der Waals surface area contributed by atoms with Crippen LogP contribution in [0.1, 0.15) is 25.1 Å². The maximum Gasteiger partial charge on any atom is 0.165 e. The molecule has 0 saturated carbocycles. The van der Waals surface area contributed by atoms with Crippen molar-refractivity contribution >= 4 is 5.82 Å². The minimum absolute atomic E-state index is 0.159. The van der Waals surface area contributed by atoms with Gasteiger partial charge in [-0.2, -0.15) is 0 Å². The Hall–Kier alpha value is -2.10. The molecule has 0 unspecified atom stereocenters. The number of aryl methyl sites for hydroxylation is 1. The summed E-state index contributed by atoms with van der Waals surface area (Å²) in [6, 6.07) is 8.11. The van der Waals surface area contributed by atoms with Crippen molar-refractivity contribution in [1.82, 2.24) is 9.97 Å². The zero-order chi connectivity index (χ0) is 14.3. The van der Waals surface area contributed by atoms with Crippen LogP contribution in [0, 0.1) is 6.92 Å². The molecule has 0 atom stereocenters. The highest BCUT2D eigenvalue weighted by molar-refractivity contribution is 5.69. The number of aromatic nitrogens is 2. The summed E-state index contributed by atoms with van der Waals surface area (Å²) in [5.41, 5.74) is 2.97. The molecule has 1 aliphatic heterocycles. The first-order valence-corrected chi connectivity index (χ1v) is 6.83. The molecule has 1 N–H and O–H groups in total. The zero-order valence-electron chi connectivity index (χ0n) is 12.3. The van der Waals surface area contributed by atoms with Crippen LogP contribution in [0.4, 0.5) is 5.82 Å². The van der Waals surface area contributed by atoms with Crippen molar-refractivity contribution in [3.05, 3.63) is 35.5 Å². The average Bonchev–Trinajstić information content (AvgIpc) is 2.71. The molecular formula is C16H19N3O. The van der Waals surface area contributed by atoms with Crippen LogP contribution in [-0.2, 0) is 6.42 Å². The van der Waals surface area contributed by atoms with Gasteiger partial charge in [-0.1, -0.05) is 12.1 Å². The van der Waals surface area contributed by atoms with E-state index in [9.17, 15) is 0 Å². The van der Waals surface area contributed by atoms with E-state index in [2.05, 4.69) is 35.2 Å². The predicted octanol–water partition coefficient (Wildman–Crippen LogP) is 3.21. The molecule has 0 amide bonds. The van der Waals surface area contributed by atoms with Crippen LogP contribution in [0.5, 0.6) is 5.75 Å². The van der Waals surface area contributed by atoms with Crippen LogP contribution in [0.15, 0.2) is 24.3 Å². The Morgan fingerprint density at radius 3 is 2.80 bits per heavy atom. The highest BCUT2D eigenvalue weighted by Gasteiger charge is 2.32. The molecule has 2 heterocycles. The quantitative estimate of drug-likeness (QED) is 0.909. The van der Waals surface area contributed by atoms with Crippen molar-refractivity contribution in [3.63, 3.8) is 0 Å². The van der Waals surface area contributed by atoms with Crippen LogP contribution >= 0.6 is 0 Å². The van der Waals surface area contributed by atoms with Crippen LogP contribution in [0.3, 0.4) is 0 Å². The standard InChI is InChI=1S/C16H19N3O/c1-10-8-13(17-4)19-15(18-10)12-7-5-6-11-9-16(2,3)20-14(11)12/h5-8H,9H2,1-4H3,(H,17,18,19). The summed E-state index contributed by atoms with van der Waals surface area (Å²) < 4.78 is 6.09. The fourth-order valence-electron chi connectivity index (χ4n) is 2.61. The summed E-state index contributed by atoms with van der Waals surface area (Å²) in [7, 11) is 1.86. The molecule has 0 bridgehead atoms. The lowest BCUT2D eigenvalue weighted by Crippen LogP contribution is -2.24. The molecule has 1 aromatic heterocycles. The van der Waals surface area contributed by atoms with Crippen LogP contribution < -0.4 is 10.1 Å².